The monoisotopic (exact) mass is 295 g/mol. The van der Waals surface area contributed by atoms with Gasteiger partial charge in [0.1, 0.15) is 5.82 Å². The maximum Gasteiger partial charge on any atom is 0.129 e. The van der Waals surface area contributed by atoms with E-state index in [9.17, 15) is 4.39 Å². The normalized spacial score (nSPS) is 12.9. The summed E-state index contributed by atoms with van der Waals surface area (Å²) in [6.45, 7) is -0.104. The molecule has 1 atom stereocenters. The minimum Gasteiger partial charge on any atom is -0.394 e. The van der Waals surface area contributed by atoms with Gasteiger partial charge >= 0.3 is 0 Å². The number of likely N-dealkylation sites (N-methyl/N-ethyl adjacent to an activating group) is 1. The van der Waals surface area contributed by atoms with Crippen molar-refractivity contribution in [2.24, 2.45) is 0 Å². The van der Waals surface area contributed by atoms with E-state index in [-0.39, 0.29) is 18.5 Å². The molecular formula is C9H11FINO. The van der Waals surface area contributed by atoms with Crippen molar-refractivity contribution in [3.05, 3.63) is 33.1 Å². The molecule has 1 rings (SSSR count). The van der Waals surface area contributed by atoms with Crippen molar-refractivity contribution in [2.75, 3.05) is 13.7 Å². The van der Waals surface area contributed by atoms with Gasteiger partial charge in [0.05, 0.1) is 12.6 Å². The molecule has 0 aliphatic carbocycles. The van der Waals surface area contributed by atoms with Crippen molar-refractivity contribution in [3.8, 4) is 0 Å². The molecule has 0 bridgehead atoms. The van der Waals surface area contributed by atoms with Crippen molar-refractivity contribution in [1.82, 2.24) is 5.32 Å². The smallest absolute Gasteiger partial charge is 0.129 e. The van der Waals surface area contributed by atoms with Gasteiger partial charge in [-0.3, -0.25) is 0 Å². The third-order valence-corrected chi connectivity index (χ3v) is 2.82. The van der Waals surface area contributed by atoms with Crippen molar-refractivity contribution in [1.29, 1.82) is 0 Å². The fourth-order valence-electron chi connectivity index (χ4n) is 1.17. The van der Waals surface area contributed by atoms with Crippen LogP contribution in [0.2, 0.25) is 0 Å². The summed E-state index contributed by atoms with van der Waals surface area (Å²) in [6.07, 6.45) is 0. The van der Waals surface area contributed by atoms with Gasteiger partial charge in [0.25, 0.3) is 0 Å². The minimum atomic E-state index is -0.326. The van der Waals surface area contributed by atoms with Gasteiger partial charge in [0, 0.05) is 9.13 Å². The van der Waals surface area contributed by atoms with Gasteiger partial charge in [-0.15, -0.1) is 0 Å². The molecular weight excluding hydrogens is 284 g/mol. The first-order chi connectivity index (χ1) is 6.20. The van der Waals surface area contributed by atoms with E-state index in [1.165, 1.54) is 6.07 Å². The first-order valence-corrected chi connectivity index (χ1v) is 5.00. The van der Waals surface area contributed by atoms with Gasteiger partial charge in [0.2, 0.25) is 0 Å². The zero-order valence-electron chi connectivity index (χ0n) is 7.22. The van der Waals surface area contributed by atoms with E-state index in [1.54, 1.807) is 13.1 Å². The molecule has 1 aromatic rings. The lowest BCUT2D eigenvalue weighted by atomic mass is 10.1. The Morgan fingerprint density at radius 3 is 2.77 bits per heavy atom. The van der Waals surface area contributed by atoms with E-state index < -0.39 is 0 Å². The fourth-order valence-corrected chi connectivity index (χ4v) is 2.01. The molecule has 0 spiro atoms. The molecule has 0 aromatic heterocycles. The maximum atomic E-state index is 13.3. The first-order valence-electron chi connectivity index (χ1n) is 3.92. The Morgan fingerprint density at radius 2 is 2.31 bits per heavy atom. The zero-order valence-corrected chi connectivity index (χ0v) is 9.38. The molecule has 0 saturated heterocycles. The first kappa shape index (κ1) is 10.9. The van der Waals surface area contributed by atoms with Crippen LogP contribution in [-0.4, -0.2) is 18.8 Å². The number of nitrogens with one attached hydrogen (secondary N) is 1. The van der Waals surface area contributed by atoms with Crippen molar-refractivity contribution >= 4 is 22.6 Å². The van der Waals surface area contributed by atoms with Crippen molar-refractivity contribution in [3.63, 3.8) is 0 Å². The van der Waals surface area contributed by atoms with E-state index in [4.69, 9.17) is 5.11 Å². The molecule has 0 fully saturated rings. The molecule has 0 unspecified atom stereocenters. The van der Waals surface area contributed by atoms with Crippen LogP contribution < -0.4 is 5.32 Å². The second kappa shape index (κ2) is 4.88. The topological polar surface area (TPSA) is 32.3 Å². The number of aliphatic hydroxyl groups excluding tert-OH is 1. The predicted octanol–water partition coefficient (Wildman–Crippen LogP) is 1.68. The molecule has 0 aliphatic heterocycles. The Hall–Kier alpha value is -0.200. The van der Waals surface area contributed by atoms with Crippen LogP contribution in [0.1, 0.15) is 11.6 Å². The lowest BCUT2D eigenvalue weighted by Gasteiger charge is -2.15. The van der Waals surface area contributed by atoms with E-state index in [0.717, 1.165) is 3.57 Å². The fraction of sp³-hybridized carbons (Fsp3) is 0.333. The Kier molecular flexibility index (Phi) is 4.08. The molecule has 0 heterocycles. The van der Waals surface area contributed by atoms with Crippen LogP contribution >= 0.6 is 22.6 Å². The second-order valence-corrected chi connectivity index (χ2v) is 3.82. The third-order valence-electron chi connectivity index (χ3n) is 1.88. The van der Waals surface area contributed by atoms with Gasteiger partial charge in [-0.05, 0) is 41.8 Å². The van der Waals surface area contributed by atoms with Crippen LogP contribution in [0.15, 0.2) is 18.2 Å². The van der Waals surface area contributed by atoms with E-state index >= 15 is 0 Å². The standard InChI is InChI=1S/C9H11FINO/c1-12-8(5-13)9-6(10)3-2-4-7(9)11/h2-4,8,12-13H,5H2,1H3/t8-/m0/s1. The molecule has 2 nitrogen and oxygen atoms in total. The third kappa shape index (κ3) is 2.38. The molecule has 0 saturated carbocycles. The summed E-state index contributed by atoms with van der Waals surface area (Å²) in [4.78, 5) is 0. The van der Waals surface area contributed by atoms with Crippen LogP contribution in [0.5, 0.6) is 0 Å². The maximum absolute atomic E-state index is 13.3. The van der Waals surface area contributed by atoms with Crippen LogP contribution in [0.4, 0.5) is 4.39 Å². The second-order valence-electron chi connectivity index (χ2n) is 2.66. The molecule has 0 aliphatic rings. The number of hydrogen-bond acceptors (Lipinski definition) is 2. The zero-order chi connectivity index (χ0) is 9.84. The van der Waals surface area contributed by atoms with Gasteiger partial charge in [0.15, 0.2) is 0 Å². The average Bonchev–Trinajstić information content (AvgIpc) is 2.11. The summed E-state index contributed by atoms with van der Waals surface area (Å²) in [5.74, 6) is -0.277. The largest absolute Gasteiger partial charge is 0.394 e. The van der Waals surface area contributed by atoms with Crippen molar-refractivity contribution < 1.29 is 9.50 Å². The van der Waals surface area contributed by atoms with Crippen LogP contribution in [0.3, 0.4) is 0 Å². The van der Waals surface area contributed by atoms with Crippen molar-refractivity contribution in [2.45, 2.75) is 6.04 Å². The Bertz CT molecular complexity index is 269. The summed E-state index contributed by atoms with van der Waals surface area (Å²) < 4.78 is 14.1. The molecule has 72 valence electrons. The lowest BCUT2D eigenvalue weighted by Crippen LogP contribution is -2.22. The Labute approximate surface area is 90.3 Å². The summed E-state index contributed by atoms with van der Waals surface area (Å²) in [7, 11) is 1.70. The molecule has 1 aromatic carbocycles. The Balaban J connectivity index is 3.10. The van der Waals surface area contributed by atoms with Crippen LogP contribution in [-0.2, 0) is 0 Å². The minimum absolute atomic E-state index is 0.104. The number of hydrogen-bond donors (Lipinski definition) is 2. The molecule has 0 radical (unpaired) electrons. The SMILES string of the molecule is CN[C@@H](CO)c1c(F)cccc1I. The highest BCUT2D eigenvalue weighted by Crippen LogP contribution is 2.22. The van der Waals surface area contributed by atoms with Gasteiger partial charge in [-0.1, -0.05) is 6.07 Å². The van der Waals surface area contributed by atoms with E-state index in [1.807, 2.05) is 6.07 Å². The van der Waals surface area contributed by atoms with Crippen LogP contribution in [0, 0.1) is 9.39 Å². The number of rotatable bonds is 3. The summed E-state index contributed by atoms with van der Waals surface area (Å²) >= 11 is 2.06. The summed E-state index contributed by atoms with van der Waals surface area (Å²) in [6, 6.07) is 4.55. The highest BCUT2D eigenvalue weighted by Gasteiger charge is 2.15. The molecule has 2 N–H and O–H groups in total. The Morgan fingerprint density at radius 1 is 1.62 bits per heavy atom. The molecule has 13 heavy (non-hydrogen) atoms. The quantitative estimate of drug-likeness (QED) is 0.832. The number of benzene rings is 1. The highest BCUT2D eigenvalue weighted by molar-refractivity contribution is 14.1. The highest BCUT2D eigenvalue weighted by atomic mass is 127. The predicted molar refractivity (Wildman–Crippen MR) is 58.0 cm³/mol. The van der Waals surface area contributed by atoms with E-state index in [2.05, 4.69) is 27.9 Å². The lowest BCUT2D eigenvalue weighted by molar-refractivity contribution is 0.247. The number of aliphatic hydroxyl groups is 1. The van der Waals surface area contributed by atoms with Gasteiger partial charge in [-0.2, -0.15) is 0 Å². The van der Waals surface area contributed by atoms with Gasteiger partial charge < -0.3 is 10.4 Å². The van der Waals surface area contributed by atoms with Crippen LogP contribution in [0.25, 0.3) is 0 Å². The molecule has 4 heteroatoms. The van der Waals surface area contributed by atoms with Gasteiger partial charge in [-0.25, -0.2) is 4.39 Å². The number of halogens is 2. The van der Waals surface area contributed by atoms with E-state index in [0.29, 0.717) is 5.56 Å². The summed E-state index contributed by atoms with van der Waals surface area (Å²) in [5, 5.41) is 11.9. The average molecular weight is 295 g/mol. The molecule has 0 amide bonds. The summed E-state index contributed by atoms with van der Waals surface area (Å²) in [5.41, 5.74) is 0.535.